The lowest BCUT2D eigenvalue weighted by atomic mass is 9.95. The van der Waals surface area contributed by atoms with E-state index in [1.165, 1.54) is 0 Å². The van der Waals surface area contributed by atoms with E-state index in [2.05, 4.69) is 24.1 Å². The molecule has 2 amide bonds. The molecule has 0 spiro atoms. The number of phenolic OH excluding ortho intramolecular Hbond substituents is 1. The number of amides is 2. The number of aliphatic hydroxyl groups is 1. The van der Waals surface area contributed by atoms with Crippen molar-refractivity contribution >= 4 is 23.4 Å². The number of hydrogen-bond acceptors (Lipinski definition) is 8. The first kappa shape index (κ1) is 32.1. The van der Waals surface area contributed by atoms with Crippen molar-refractivity contribution in [3.63, 3.8) is 0 Å². The SMILES string of the molecule is C=C1CNC(=O)C(N)Cc2cc(ccc2O)-c2ccc(Cl)c(c2)CC(C(=O)NCC(N)CO)N1C.CCCN. The van der Waals surface area contributed by atoms with E-state index in [0.717, 1.165) is 29.7 Å². The van der Waals surface area contributed by atoms with Crippen LogP contribution in [0.2, 0.25) is 5.02 Å². The molecule has 2 aromatic rings. The van der Waals surface area contributed by atoms with Crippen LogP contribution in [0.15, 0.2) is 48.7 Å². The van der Waals surface area contributed by atoms with Crippen molar-refractivity contribution in [3.05, 3.63) is 64.8 Å². The largest absolute Gasteiger partial charge is 0.508 e. The molecule has 39 heavy (non-hydrogen) atoms. The Kier molecular flexibility index (Phi) is 12.7. The highest BCUT2D eigenvalue weighted by molar-refractivity contribution is 6.31. The second-order valence-electron chi connectivity index (χ2n) is 9.55. The van der Waals surface area contributed by atoms with Gasteiger partial charge in [-0.25, -0.2) is 0 Å². The van der Waals surface area contributed by atoms with E-state index in [0.29, 0.717) is 16.3 Å². The molecule has 0 saturated heterocycles. The number of halogens is 1. The van der Waals surface area contributed by atoms with Crippen LogP contribution in [0.3, 0.4) is 0 Å². The van der Waals surface area contributed by atoms with Gasteiger partial charge in [0.2, 0.25) is 11.8 Å². The first-order valence-electron chi connectivity index (χ1n) is 12.9. The number of phenols is 1. The number of aromatic hydroxyl groups is 1. The maximum atomic E-state index is 13.2. The van der Waals surface area contributed by atoms with E-state index in [1.807, 2.05) is 12.1 Å². The Balaban J connectivity index is 0.00000124. The summed E-state index contributed by atoms with van der Waals surface area (Å²) in [6.45, 7) is 6.81. The first-order chi connectivity index (χ1) is 18.5. The summed E-state index contributed by atoms with van der Waals surface area (Å²) < 4.78 is 0. The van der Waals surface area contributed by atoms with Gasteiger partial charge < -0.3 is 42.9 Å². The van der Waals surface area contributed by atoms with Gasteiger partial charge in [0.1, 0.15) is 11.8 Å². The van der Waals surface area contributed by atoms with Gasteiger partial charge in [0, 0.05) is 43.2 Å². The summed E-state index contributed by atoms with van der Waals surface area (Å²) in [4.78, 5) is 27.5. The van der Waals surface area contributed by atoms with Crippen molar-refractivity contribution in [1.82, 2.24) is 15.5 Å². The third-order valence-electron chi connectivity index (χ3n) is 6.45. The van der Waals surface area contributed by atoms with Crippen molar-refractivity contribution in [1.29, 1.82) is 0 Å². The fourth-order valence-electron chi connectivity index (χ4n) is 3.86. The summed E-state index contributed by atoms with van der Waals surface area (Å²) in [5.41, 5.74) is 20.3. The predicted molar refractivity (Wildman–Crippen MR) is 155 cm³/mol. The Bertz CT molecular complexity index is 1140. The van der Waals surface area contributed by atoms with Crippen LogP contribution in [0, 0.1) is 0 Å². The van der Waals surface area contributed by atoms with Gasteiger partial charge in [-0.05, 0) is 59.5 Å². The molecule has 1 heterocycles. The van der Waals surface area contributed by atoms with Crippen molar-refractivity contribution in [2.75, 3.05) is 33.3 Å². The van der Waals surface area contributed by atoms with Gasteiger partial charge in [-0.3, -0.25) is 9.59 Å². The van der Waals surface area contributed by atoms with Crippen LogP contribution in [0.1, 0.15) is 24.5 Å². The number of benzene rings is 2. The van der Waals surface area contributed by atoms with Gasteiger partial charge in [-0.1, -0.05) is 37.2 Å². The Morgan fingerprint density at radius 1 is 1.23 bits per heavy atom. The summed E-state index contributed by atoms with van der Waals surface area (Å²) in [7, 11) is 1.71. The van der Waals surface area contributed by atoms with Crippen LogP contribution in [-0.4, -0.2) is 78.3 Å². The molecule has 1 aliphatic rings. The molecule has 1 aliphatic heterocycles. The fourth-order valence-corrected chi connectivity index (χ4v) is 4.06. The smallest absolute Gasteiger partial charge is 0.243 e. The van der Waals surface area contributed by atoms with Gasteiger partial charge in [0.15, 0.2) is 0 Å². The van der Waals surface area contributed by atoms with E-state index in [9.17, 15) is 19.8 Å². The Labute approximate surface area is 235 Å². The number of nitrogens with zero attached hydrogens (tertiary/aromatic N) is 1. The average Bonchev–Trinajstić information content (AvgIpc) is 2.94. The number of nitrogens with two attached hydrogens (primary N) is 3. The number of nitrogens with one attached hydrogen (secondary N) is 2. The van der Waals surface area contributed by atoms with Crippen molar-refractivity contribution in [3.8, 4) is 16.9 Å². The van der Waals surface area contributed by atoms with E-state index in [-0.39, 0.29) is 44.2 Å². The molecule has 10 nitrogen and oxygen atoms in total. The molecule has 4 bridgehead atoms. The molecule has 214 valence electrons. The van der Waals surface area contributed by atoms with Gasteiger partial charge >= 0.3 is 0 Å². The van der Waals surface area contributed by atoms with Crippen LogP contribution >= 0.6 is 11.6 Å². The van der Waals surface area contributed by atoms with Gasteiger partial charge in [0.05, 0.1) is 19.2 Å². The fraction of sp³-hybridized carbons (Fsp3) is 0.429. The van der Waals surface area contributed by atoms with E-state index in [4.69, 9.17) is 28.8 Å². The monoisotopic (exact) mass is 560 g/mol. The second kappa shape index (κ2) is 15.4. The molecule has 3 atom stereocenters. The van der Waals surface area contributed by atoms with Crippen molar-refractivity contribution < 1.29 is 19.8 Å². The summed E-state index contributed by atoms with van der Waals surface area (Å²) in [6.07, 6.45) is 1.49. The standard InChI is InChI=1S/C25H32ClN5O4.C3H9N/c1-14-11-29-24(34)21(28)9-18-8-16(4-6-23(18)33)15-3-5-20(26)17(7-15)10-22(31(14)2)25(35)30-12-19(27)13-32;1-2-3-4/h3-8,19,21-22,32-33H,1,9-13,27-28H2,2H3,(H,29,34)(H,30,35);2-4H2,1H3. The molecule has 0 aromatic heterocycles. The highest BCUT2D eigenvalue weighted by Crippen LogP contribution is 2.30. The maximum absolute atomic E-state index is 13.2. The van der Waals surface area contributed by atoms with Crippen LogP contribution < -0.4 is 27.8 Å². The maximum Gasteiger partial charge on any atom is 0.243 e. The summed E-state index contributed by atoms with van der Waals surface area (Å²) >= 11 is 6.52. The first-order valence-corrected chi connectivity index (χ1v) is 13.3. The Morgan fingerprint density at radius 2 is 1.85 bits per heavy atom. The molecular weight excluding hydrogens is 520 g/mol. The zero-order chi connectivity index (χ0) is 29.1. The minimum atomic E-state index is -0.890. The lowest BCUT2D eigenvalue weighted by Crippen LogP contribution is -2.51. The molecule has 0 saturated carbocycles. The topological polar surface area (TPSA) is 180 Å². The predicted octanol–water partition coefficient (Wildman–Crippen LogP) is 0.860. The second-order valence-corrected chi connectivity index (χ2v) is 9.96. The number of aliphatic hydroxyl groups excluding tert-OH is 1. The number of carbonyl (C=O) groups is 2. The summed E-state index contributed by atoms with van der Waals surface area (Å²) in [6, 6.07) is 8.45. The highest BCUT2D eigenvalue weighted by Gasteiger charge is 2.27. The third-order valence-corrected chi connectivity index (χ3v) is 6.81. The van der Waals surface area contributed by atoms with Crippen LogP contribution in [0.4, 0.5) is 0 Å². The molecule has 0 radical (unpaired) electrons. The van der Waals surface area contributed by atoms with Crippen LogP contribution in [0.25, 0.3) is 11.1 Å². The van der Waals surface area contributed by atoms with E-state index < -0.39 is 24.0 Å². The van der Waals surface area contributed by atoms with Crippen LogP contribution in [-0.2, 0) is 22.4 Å². The zero-order valence-corrected chi connectivity index (χ0v) is 23.4. The number of fused-ring (bicyclic) bond motifs is 5. The van der Waals surface area contributed by atoms with E-state index in [1.54, 1.807) is 36.2 Å². The quantitative estimate of drug-likeness (QED) is 0.281. The molecule has 3 rings (SSSR count). The Morgan fingerprint density at radius 3 is 2.46 bits per heavy atom. The summed E-state index contributed by atoms with van der Waals surface area (Å²) in [5, 5.41) is 25.5. The molecule has 3 unspecified atom stereocenters. The normalized spacial score (nSPS) is 18.6. The third kappa shape index (κ3) is 9.22. The molecule has 0 aliphatic carbocycles. The lowest BCUT2D eigenvalue weighted by molar-refractivity contribution is -0.125. The number of hydrogen-bond donors (Lipinski definition) is 7. The molecule has 11 heteroatoms. The van der Waals surface area contributed by atoms with Crippen LogP contribution in [0.5, 0.6) is 5.75 Å². The van der Waals surface area contributed by atoms with Crippen molar-refractivity contribution in [2.45, 2.75) is 44.3 Å². The average molecular weight is 561 g/mol. The van der Waals surface area contributed by atoms with Gasteiger partial charge in [-0.2, -0.15) is 0 Å². The highest BCUT2D eigenvalue weighted by atomic mass is 35.5. The van der Waals surface area contributed by atoms with Gasteiger partial charge in [0.25, 0.3) is 0 Å². The molecule has 10 N–H and O–H groups in total. The zero-order valence-electron chi connectivity index (χ0n) is 22.6. The van der Waals surface area contributed by atoms with Crippen molar-refractivity contribution in [2.24, 2.45) is 17.2 Å². The number of carbonyl (C=O) groups excluding carboxylic acids is 2. The minimum absolute atomic E-state index is 0.0532. The minimum Gasteiger partial charge on any atom is -0.508 e. The Hall–Kier alpha value is -3.15. The molecule has 0 fully saturated rings. The lowest BCUT2D eigenvalue weighted by Gasteiger charge is -2.31. The molecule has 2 aromatic carbocycles. The molecular formula is C28H41ClN6O4. The van der Waals surface area contributed by atoms with E-state index >= 15 is 0 Å². The summed E-state index contributed by atoms with van der Waals surface area (Å²) in [5.74, 6) is -0.673. The van der Waals surface area contributed by atoms with Gasteiger partial charge in [-0.15, -0.1) is 0 Å². The number of likely N-dealkylation sites (N-methyl/N-ethyl adjacent to an activating group) is 1. The number of rotatable bonds is 5.